The molecule has 0 aromatic rings. The van der Waals surface area contributed by atoms with Crippen molar-refractivity contribution in [3.05, 3.63) is 0 Å². The number of ether oxygens (including phenoxy) is 1. The number of nitrogens with one attached hydrogen (secondary N) is 1. The second kappa shape index (κ2) is 5.56. The molecule has 0 bridgehead atoms. The highest BCUT2D eigenvalue weighted by Gasteiger charge is 1.99. The van der Waals surface area contributed by atoms with E-state index in [4.69, 9.17) is 4.74 Å². The quantitative estimate of drug-likeness (QED) is 0.436. The fraction of sp³-hybridized carbons (Fsp3) is 0.833. The molecule has 54 valence electrons. The van der Waals surface area contributed by atoms with Gasteiger partial charge in [0.15, 0.2) is 0 Å². The second-order valence-corrected chi connectivity index (χ2v) is 1.64. The molecule has 0 rings (SSSR count). The molecule has 0 spiro atoms. The minimum absolute atomic E-state index is 0.104. The van der Waals surface area contributed by atoms with Crippen LogP contribution in [0.1, 0.15) is 20.3 Å². The lowest BCUT2D eigenvalue weighted by Crippen LogP contribution is -2.29. The highest BCUT2D eigenvalue weighted by molar-refractivity contribution is 5.46. The Morgan fingerprint density at radius 1 is 1.67 bits per heavy atom. The van der Waals surface area contributed by atoms with E-state index in [0.717, 1.165) is 6.42 Å². The Balaban J connectivity index is 3.28. The van der Waals surface area contributed by atoms with E-state index in [9.17, 15) is 4.79 Å². The van der Waals surface area contributed by atoms with Gasteiger partial charge in [0.1, 0.15) is 6.23 Å². The van der Waals surface area contributed by atoms with Crippen molar-refractivity contribution in [2.24, 2.45) is 0 Å². The summed E-state index contributed by atoms with van der Waals surface area (Å²) in [6, 6.07) is 0. The smallest absolute Gasteiger partial charge is 0.209 e. The SMILES string of the molecule is CCOC(CC)NC=O. The minimum Gasteiger partial charge on any atom is -0.359 e. The summed E-state index contributed by atoms with van der Waals surface area (Å²) in [6.45, 7) is 4.49. The maximum absolute atomic E-state index is 9.86. The lowest BCUT2D eigenvalue weighted by Gasteiger charge is -2.12. The fourth-order valence-corrected chi connectivity index (χ4v) is 0.561. The van der Waals surface area contributed by atoms with E-state index in [1.54, 1.807) is 0 Å². The Hall–Kier alpha value is -0.570. The van der Waals surface area contributed by atoms with Crippen LogP contribution in [0.25, 0.3) is 0 Å². The van der Waals surface area contributed by atoms with E-state index in [1.165, 1.54) is 0 Å². The molecule has 0 aliphatic carbocycles. The highest BCUT2D eigenvalue weighted by atomic mass is 16.5. The third-order valence-electron chi connectivity index (χ3n) is 0.993. The lowest BCUT2D eigenvalue weighted by atomic mass is 10.4. The fourth-order valence-electron chi connectivity index (χ4n) is 0.561. The summed E-state index contributed by atoms with van der Waals surface area (Å²) in [4.78, 5) is 9.86. The molecule has 0 aliphatic rings. The number of amides is 1. The average Bonchev–Trinajstić information content (AvgIpc) is 1.88. The van der Waals surface area contributed by atoms with Gasteiger partial charge in [0.05, 0.1) is 0 Å². The summed E-state index contributed by atoms with van der Waals surface area (Å²) in [7, 11) is 0. The molecule has 1 unspecified atom stereocenters. The zero-order chi connectivity index (χ0) is 7.11. The third-order valence-corrected chi connectivity index (χ3v) is 0.993. The van der Waals surface area contributed by atoms with Crippen molar-refractivity contribution in [3.8, 4) is 0 Å². The van der Waals surface area contributed by atoms with Crippen LogP contribution in [0.2, 0.25) is 0 Å². The molecule has 9 heavy (non-hydrogen) atoms. The van der Waals surface area contributed by atoms with E-state index in [0.29, 0.717) is 13.0 Å². The first-order chi connectivity index (χ1) is 4.35. The summed E-state index contributed by atoms with van der Waals surface area (Å²) >= 11 is 0. The summed E-state index contributed by atoms with van der Waals surface area (Å²) in [5.74, 6) is 0. The number of hydrogen-bond donors (Lipinski definition) is 1. The first-order valence-electron chi connectivity index (χ1n) is 3.16. The van der Waals surface area contributed by atoms with Crippen molar-refractivity contribution in [1.29, 1.82) is 0 Å². The number of rotatable bonds is 5. The summed E-state index contributed by atoms with van der Waals surface area (Å²) in [6.07, 6.45) is 1.36. The Kier molecular flexibility index (Phi) is 5.21. The van der Waals surface area contributed by atoms with Gasteiger partial charge in [-0.15, -0.1) is 0 Å². The van der Waals surface area contributed by atoms with Crippen LogP contribution < -0.4 is 5.32 Å². The van der Waals surface area contributed by atoms with Gasteiger partial charge in [0.25, 0.3) is 0 Å². The lowest BCUT2D eigenvalue weighted by molar-refractivity contribution is -0.113. The third kappa shape index (κ3) is 3.97. The Labute approximate surface area is 55.4 Å². The number of hydrogen-bond acceptors (Lipinski definition) is 2. The first kappa shape index (κ1) is 8.43. The molecule has 3 nitrogen and oxygen atoms in total. The molecular weight excluding hydrogens is 118 g/mol. The predicted molar refractivity (Wildman–Crippen MR) is 34.9 cm³/mol. The van der Waals surface area contributed by atoms with Crippen molar-refractivity contribution >= 4 is 6.41 Å². The van der Waals surface area contributed by atoms with E-state index in [1.807, 2.05) is 13.8 Å². The van der Waals surface area contributed by atoms with E-state index in [2.05, 4.69) is 5.32 Å². The summed E-state index contributed by atoms with van der Waals surface area (Å²) < 4.78 is 5.09. The maximum Gasteiger partial charge on any atom is 0.209 e. The van der Waals surface area contributed by atoms with Crippen molar-refractivity contribution in [2.45, 2.75) is 26.5 Å². The standard InChI is InChI=1S/C6H13NO2/c1-3-6(7-5-8)9-4-2/h5-6H,3-4H2,1-2H3,(H,7,8). The second-order valence-electron chi connectivity index (χ2n) is 1.64. The highest BCUT2D eigenvalue weighted by Crippen LogP contribution is 1.90. The number of carbonyl (C=O) groups is 1. The normalized spacial score (nSPS) is 12.7. The topological polar surface area (TPSA) is 38.3 Å². The van der Waals surface area contributed by atoms with Gasteiger partial charge in [0, 0.05) is 6.61 Å². The van der Waals surface area contributed by atoms with Crippen LogP contribution in [0.3, 0.4) is 0 Å². The zero-order valence-corrected chi connectivity index (χ0v) is 5.89. The van der Waals surface area contributed by atoms with Crippen LogP contribution in [0.15, 0.2) is 0 Å². The predicted octanol–water partition coefficient (Wildman–Crippen LogP) is 0.505. The molecule has 1 amide bonds. The molecule has 0 radical (unpaired) electrons. The van der Waals surface area contributed by atoms with Crippen LogP contribution in [-0.4, -0.2) is 19.2 Å². The summed E-state index contributed by atoms with van der Waals surface area (Å²) in [5.41, 5.74) is 0. The monoisotopic (exact) mass is 131 g/mol. The molecule has 0 heterocycles. The van der Waals surface area contributed by atoms with Crippen molar-refractivity contribution in [2.75, 3.05) is 6.61 Å². The molecule has 0 saturated carbocycles. The zero-order valence-electron chi connectivity index (χ0n) is 5.89. The number of carbonyl (C=O) groups excluding carboxylic acids is 1. The van der Waals surface area contributed by atoms with Gasteiger partial charge >= 0.3 is 0 Å². The molecular formula is C6H13NO2. The van der Waals surface area contributed by atoms with Gasteiger partial charge in [0.2, 0.25) is 6.41 Å². The van der Waals surface area contributed by atoms with Crippen LogP contribution in [-0.2, 0) is 9.53 Å². The molecule has 1 atom stereocenters. The van der Waals surface area contributed by atoms with Gasteiger partial charge in [-0.3, -0.25) is 4.79 Å². The van der Waals surface area contributed by atoms with Crippen molar-refractivity contribution in [3.63, 3.8) is 0 Å². The van der Waals surface area contributed by atoms with E-state index >= 15 is 0 Å². The molecule has 0 fully saturated rings. The van der Waals surface area contributed by atoms with Gasteiger partial charge in [-0.05, 0) is 13.3 Å². The molecule has 0 aliphatic heterocycles. The van der Waals surface area contributed by atoms with Crippen LogP contribution in [0.4, 0.5) is 0 Å². The van der Waals surface area contributed by atoms with E-state index < -0.39 is 0 Å². The Morgan fingerprint density at radius 3 is 2.67 bits per heavy atom. The van der Waals surface area contributed by atoms with Gasteiger partial charge in [-0.2, -0.15) is 0 Å². The van der Waals surface area contributed by atoms with Crippen LogP contribution in [0, 0.1) is 0 Å². The molecule has 0 aromatic carbocycles. The molecule has 0 aromatic heterocycles. The van der Waals surface area contributed by atoms with Gasteiger partial charge < -0.3 is 10.1 Å². The van der Waals surface area contributed by atoms with Gasteiger partial charge in [-0.25, -0.2) is 0 Å². The maximum atomic E-state index is 9.86. The summed E-state index contributed by atoms with van der Waals surface area (Å²) in [5, 5.41) is 2.53. The van der Waals surface area contributed by atoms with E-state index in [-0.39, 0.29) is 6.23 Å². The van der Waals surface area contributed by atoms with Crippen LogP contribution >= 0.6 is 0 Å². The largest absolute Gasteiger partial charge is 0.359 e. The molecule has 1 N–H and O–H groups in total. The molecule has 3 heteroatoms. The first-order valence-corrected chi connectivity index (χ1v) is 3.16. The average molecular weight is 131 g/mol. The van der Waals surface area contributed by atoms with Crippen LogP contribution in [0.5, 0.6) is 0 Å². The Bertz CT molecular complexity index is 75.5. The Morgan fingerprint density at radius 2 is 2.33 bits per heavy atom. The van der Waals surface area contributed by atoms with Crippen molar-refractivity contribution < 1.29 is 9.53 Å². The minimum atomic E-state index is -0.104. The molecule has 0 saturated heterocycles. The van der Waals surface area contributed by atoms with Crippen molar-refractivity contribution in [1.82, 2.24) is 5.32 Å². The van der Waals surface area contributed by atoms with Gasteiger partial charge in [-0.1, -0.05) is 6.92 Å².